The highest BCUT2D eigenvalue weighted by Crippen LogP contribution is 2.39. The minimum absolute atomic E-state index is 0.149. The monoisotopic (exact) mass is 514 g/mol. The fourth-order valence-electron chi connectivity index (χ4n) is 4.18. The molecule has 10 heteroatoms. The number of amides is 1. The number of nitrogens with one attached hydrogen (secondary N) is 1. The Hall–Kier alpha value is -2.85. The van der Waals surface area contributed by atoms with E-state index in [9.17, 15) is 9.59 Å². The zero-order valence-corrected chi connectivity index (χ0v) is 21.9. The summed E-state index contributed by atoms with van der Waals surface area (Å²) in [6.45, 7) is 7.25. The van der Waals surface area contributed by atoms with Gasteiger partial charge in [-0.25, -0.2) is 4.79 Å². The summed E-state index contributed by atoms with van der Waals surface area (Å²) in [7, 11) is 0. The van der Waals surface area contributed by atoms with Crippen LogP contribution < -0.4 is 10.1 Å². The number of carbonyl (C=O) groups excluding carboxylic acids is 2. The second kappa shape index (κ2) is 11.7. The molecule has 1 aliphatic rings. The summed E-state index contributed by atoms with van der Waals surface area (Å²) in [6.07, 6.45) is 3.92. The summed E-state index contributed by atoms with van der Waals surface area (Å²) in [5, 5.41) is 12.9. The smallest absolute Gasteiger partial charge is 0.341 e. The van der Waals surface area contributed by atoms with Crippen LogP contribution in [0.2, 0.25) is 0 Å². The molecular formula is C25H30N4O4S2. The van der Waals surface area contributed by atoms with E-state index < -0.39 is 0 Å². The number of esters is 1. The zero-order chi connectivity index (χ0) is 24.8. The standard InChI is InChI=1S/C25H30N4O4S2/c1-4-29-22(16-11-7-9-13-18(16)32-5-2)27-28-25(29)34-15-20(30)26-23-21(24(31)33-6-3)17-12-8-10-14-19(17)35-23/h7,9,11,13H,4-6,8,10,12,14-15H2,1-3H3,(H,26,30). The summed E-state index contributed by atoms with van der Waals surface area (Å²) in [6, 6.07) is 7.73. The van der Waals surface area contributed by atoms with E-state index in [-0.39, 0.29) is 17.6 Å². The van der Waals surface area contributed by atoms with Crippen molar-refractivity contribution in [3.63, 3.8) is 0 Å². The minimum Gasteiger partial charge on any atom is -0.493 e. The van der Waals surface area contributed by atoms with E-state index in [1.54, 1.807) is 6.92 Å². The van der Waals surface area contributed by atoms with Gasteiger partial charge in [0.05, 0.1) is 30.1 Å². The van der Waals surface area contributed by atoms with Crippen LogP contribution in [0.15, 0.2) is 29.4 Å². The van der Waals surface area contributed by atoms with E-state index in [0.29, 0.717) is 41.3 Å². The maximum Gasteiger partial charge on any atom is 0.341 e. The second-order valence-corrected chi connectivity index (χ2v) is 10.00. The number of ether oxygens (including phenoxy) is 2. The van der Waals surface area contributed by atoms with Crippen LogP contribution in [0.5, 0.6) is 5.75 Å². The van der Waals surface area contributed by atoms with E-state index in [2.05, 4.69) is 15.5 Å². The molecule has 1 aromatic carbocycles. The predicted octanol–water partition coefficient (Wildman–Crippen LogP) is 5.21. The number of anilines is 1. The van der Waals surface area contributed by atoms with Crippen molar-refractivity contribution in [2.45, 2.75) is 58.2 Å². The molecule has 4 rings (SSSR count). The lowest BCUT2D eigenvalue weighted by Gasteiger charge is -2.12. The summed E-state index contributed by atoms with van der Waals surface area (Å²) < 4.78 is 13.0. The number of benzene rings is 1. The molecule has 0 aliphatic heterocycles. The van der Waals surface area contributed by atoms with E-state index in [0.717, 1.165) is 42.6 Å². The normalized spacial score (nSPS) is 12.8. The molecule has 1 amide bonds. The summed E-state index contributed by atoms with van der Waals surface area (Å²) in [5.41, 5.74) is 2.42. The number of thioether (sulfide) groups is 1. The fraction of sp³-hybridized carbons (Fsp3) is 0.440. The Kier molecular flexibility index (Phi) is 8.46. The Bertz CT molecular complexity index is 1200. The van der Waals surface area contributed by atoms with Crippen molar-refractivity contribution < 1.29 is 19.1 Å². The molecule has 3 aromatic rings. The van der Waals surface area contributed by atoms with E-state index in [1.165, 1.54) is 28.0 Å². The highest BCUT2D eigenvalue weighted by Gasteiger charge is 2.27. The predicted molar refractivity (Wildman–Crippen MR) is 139 cm³/mol. The summed E-state index contributed by atoms with van der Waals surface area (Å²) >= 11 is 2.81. The Labute approximate surface area is 213 Å². The number of hydrogen-bond donors (Lipinski definition) is 1. The lowest BCUT2D eigenvalue weighted by Crippen LogP contribution is -2.17. The largest absolute Gasteiger partial charge is 0.493 e. The molecular weight excluding hydrogens is 484 g/mol. The van der Waals surface area contributed by atoms with Crippen LogP contribution in [0.1, 0.15) is 54.4 Å². The third-order valence-corrected chi connectivity index (χ3v) is 7.87. The molecule has 8 nitrogen and oxygen atoms in total. The number of thiophene rings is 1. The van der Waals surface area contributed by atoms with Gasteiger partial charge < -0.3 is 19.4 Å². The van der Waals surface area contributed by atoms with Gasteiger partial charge in [-0.1, -0.05) is 23.9 Å². The molecule has 35 heavy (non-hydrogen) atoms. The second-order valence-electron chi connectivity index (χ2n) is 7.95. The van der Waals surface area contributed by atoms with Crippen LogP contribution in [-0.2, 0) is 28.9 Å². The molecule has 0 saturated carbocycles. The first-order valence-electron chi connectivity index (χ1n) is 12.0. The zero-order valence-electron chi connectivity index (χ0n) is 20.3. The van der Waals surface area contributed by atoms with Gasteiger partial charge in [-0.3, -0.25) is 4.79 Å². The molecule has 0 atom stereocenters. The Morgan fingerprint density at radius 1 is 1.11 bits per heavy atom. The number of carbonyl (C=O) groups is 2. The van der Waals surface area contributed by atoms with Gasteiger partial charge in [0.25, 0.3) is 0 Å². The van der Waals surface area contributed by atoms with E-state index in [1.807, 2.05) is 42.7 Å². The summed E-state index contributed by atoms with van der Waals surface area (Å²) in [4.78, 5) is 26.7. The molecule has 1 N–H and O–H groups in total. The quantitative estimate of drug-likeness (QED) is 0.293. The van der Waals surface area contributed by atoms with Crippen LogP contribution in [0.3, 0.4) is 0 Å². The molecule has 0 spiro atoms. The highest BCUT2D eigenvalue weighted by molar-refractivity contribution is 7.99. The Morgan fingerprint density at radius 2 is 1.91 bits per heavy atom. The van der Waals surface area contributed by atoms with E-state index in [4.69, 9.17) is 9.47 Å². The molecule has 2 aromatic heterocycles. The molecule has 0 radical (unpaired) electrons. The molecule has 186 valence electrons. The average Bonchev–Trinajstić information content (AvgIpc) is 3.44. The van der Waals surface area contributed by atoms with Gasteiger partial charge in [-0.15, -0.1) is 21.5 Å². The average molecular weight is 515 g/mol. The number of nitrogens with zero attached hydrogens (tertiary/aromatic N) is 3. The first-order valence-corrected chi connectivity index (χ1v) is 13.8. The number of para-hydroxylation sites is 1. The lowest BCUT2D eigenvalue weighted by molar-refractivity contribution is -0.113. The van der Waals surface area contributed by atoms with Crippen molar-refractivity contribution >= 4 is 40.0 Å². The van der Waals surface area contributed by atoms with Crippen molar-refractivity contribution in [1.29, 1.82) is 0 Å². The van der Waals surface area contributed by atoms with Gasteiger partial charge in [0.2, 0.25) is 5.91 Å². The van der Waals surface area contributed by atoms with Gasteiger partial charge >= 0.3 is 5.97 Å². The van der Waals surface area contributed by atoms with Gasteiger partial charge in [0, 0.05) is 11.4 Å². The number of rotatable bonds is 10. The van der Waals surface area contributed by atoms with Gasteiger partial charge in [-0.2, -0.15) is 0 Å². The van der Waals surface area contributed by atoms with Crippen molar-refractivity contribution in [2.24, 2.45) is 0 Å². The van der Waals surface area contributed by atoms with Gasteiger partial charge in [0.1, 0.15) is 10.8 Å². The molecule has 0 unspecified atom stereocenters. The van der Waals surface area contributed by atoms with Crippen molar-refractivity contribution in [3.05, 3.63) is 40.3 Å². The third kappa shape index (κ3) is 5.54. The summed E-state index contributed by atoms with van der Waals surface area (Å²) in [5.74, 6) is 1.05. The van der Waals surface area contributed by atoms with Crippen molar-refractivity contribution in [2.75, 3.05) is 24.3 Å². The third-order valence-electron chi connectivity index (χ3n) is 5.70. The van der Waals surface area contributed by atoms with Crippen LogP contribution in [0, 0.1) is 0 Å². The van der Waals surface area contributed by atoms with Gasteiger partial charge in [0.15, 0.2) is 11.0 Å². The minimum atomic E-state index is -0.363. The fourth-order valence-corrected chi connectivity index (χ4v) is 6.27. The molecule has 2 heterocycles. The lowest BCUT2D eigenvalue weighted by atomic mass is 9.95. The van der Waals surface area contributed by atoms with E-state index >= 15 is 0 Å². The SMILES string of the molecule is CCOC(=O)c1c(NC(=O)CSc2nnc(-c3ccccc3OCC)n2CC)sc2c1CCCC2. The Morgan fingerprint density at radius 3 is 2.69 bits per heavy atom. The number of fused-ring (bicyclic) bond motifs is 1. The number of aryl methyl sites for hydroxylation is 1. The molecule has 0 bridgehead atoms. The topological polar surface area (TPSA) is 95.3 Å². The van der Waals surface area contributed by atoms with Gasteiger partial charge in [-0.05, 0) is 64.2 Å². The van der Waals surface area contributed by atoms with Crippen LogP contribution in [0.4, 0.5) is 5.00 Å². The maximum atomic E-state index is 12.9. The molecule has 0 saturated heterocycles. The molecule has 1 aliphatic carbocycles. The number of hydrogen-bond acceptors (Lipinski definition) is 8. The van der Waals surface area contributed by atoms with Crippen LogP contribution in [-0.4, -0.2) is 45.6 Å². The number of aromatic nitrogens is 3. The van der Waals surface area contributed by atoms with Crippen LogP contribution >= 0.6 is 23.1 Å². The first kappa shape index (κ1) is 25.2. The maximum absolute atomic E-state index is 12.9. The molecule has 0 fully saturated rings. The first-order chi connectivity index (χ1) is 17.1. The van der Waals surface area contributed by atoms with Crippen molar-refractivity contribution in [3.8, 4) is 17.1 Å². The van der Waals surface area contributed by atoms with Crippen LogP contribution in [0.25, 0.3) is 11.4 Å². The highest BCUT2D eigenvalue weighted by atomic mass is 32.2. The van der Waals surface area contributed by atoms with Crippen molar-refractivity contribution in [1.82, 2.24) is 14.8 Å². The Balaban J connectivity index is 1.50.